The molecule has 40 heavy (non-hydrogen) atoms. The van der Waals surface area contributed by atoms with Gasteiger partial charge < -0.3 is 10.5 Å². The number of ketones is 1. The normalized spacial score (nSPS) is 19.9. The van der Waals surface area contributed by atoms with Gasteiger partial charge in [-0.2, -0.15) is 5.26 Å². The molecule has 1 unspecified atom stereocenters. The number of hydrogen-bond donors (Lipinski definition) is 1. The third-order valence-corrected chi connectivity index (χ3v) is 10.1. The molecule has 2 heterocycles. The Labute approximate surface area is 242 Å². The summed E-state index contributed by atoms with van der Waals surface area (Å²) in [5.41, 5.74) is 10.5. The van der Waals surface area contributed by atoms with Crippen molar-refractivity contribution >= 4 is 34.0 Å². The second kappa shape index (κ2) is 11.9. The van der Waals surface area contributed by atoms with Crippen molar-refractivity contribution in [2.45, 2.75) is 73.5 Å². The Morgan fingerprint density at radius 2 is 1.80 bits per heavy atom. The Morgan fingerprint density at radius 3 is 2.55 bits per heavy atom. The first-order valence-electron chi connectivity index (χ1n) is 13.9. The van der Waals surface area contributed by atoms with Crippen LogP contribution in [0.5, 0.6) is 5.75 Å². The topological polar surface area (TPSA) is 105 Å². The van der Waals surface area contributed by atoms with Gasteiger partial charge in [0.25, 0.3) is 0 Å². The Balaban J connectivity index is 1.30. The third-order valence-electron chi connectivity index (χ3n) is 7.78. The van der Waals surface area contributed by atoms with Crippen molar-refractivity contribution in [3.05, 3.63) is 88.4 Å². The van der Waals surface area contributed by atoms with Crippen LogP contribution in [0.3, 0.4) is 0 Å². The monoisotopic (exact) mass is 569 g/mol. The lowest BCUT2D eigenvalue weighted by Crippen LogP contribution is -2.38. The van der Waals surface area contributed by atoms with E-state index < -0.39 is 5.92 Å². The average Bonchev–Trinajstić information content (AvgIpc) is 3.44. The van der Waals surface area contributed by atoms with Gasteiger partial charge in [0.05, 0.1) is 17.6 Å². The second-order valence-electron chi connectivity index (χ2n) is 10.4. The van der Waals surface area contributed by atoms with E-state index in [2.05, 4.69) is 16.3 Å². The number of hydrogen-bond acceptors (Lipinski definition) is 9. The fourth-order valence-corrected chi connectivity index (χ4v) is 8.19. The maximum absolute atomic E-state index is 13.4. The molecular formula is C31H31N5O2S2. The van der Waals surface area contributed by atoms with Gasteiger partial charge in [0.1, 0.15) is 18.2 Å². The fraction of sp³-hybridized carbons (Fsp3) is 0.355. The molecule has 1 aliphatic heterocycles. The van der Waals surface area contributed by atoms with Gasteiger partial charge in [-0.25, -0.2) is 0 Å². The number of ether oxygens (including phenoxy) is 1. The standard InChI is InChI=1S/C31H31N5O2S2/c32-18-24-27(21-14-16-22(17-15-21)38-19-20-8-3-1-4-9-20)28-25(12-7-13-26(28)37)36(29(24)33)30-34-35-31(40-30)39-23-10-5-2-6-11-23/h1,3-4,8-9,14-17,23,27H,2,5-7,10-13,19,33H2. The number of anilines is 1. The molecule has 6 rings (SSSR count). The molecule has 1 fully saturated rings. The zero-order chi connectivity index (χ0) is 27.5. The van der Waals surface area contributed by atoms with Gasteiger partial charge in [0.15, 0.2) is 10.1 Å². The smallest absolute Gasteiger partial charge is 0.219 e. The highest BCUT2D eigenvalue weighted by atomic mass is 32.2. The number of carbonyl (C=O) groups is 1. The zero-order valence-electron chi connectivity index (χ0n) is 22.2. The van der Waals surface area contributed by atoms with E-state index in [1.165, 1.54) is 43.4 Å². The summed E-state index contributed by atoms with van der Waals surface area (Å²) >= 11 is 3.28. The molecule has 0 saturated heterocycles. The summed E-state index contributed by atoms with van der Waals surface area (Å²) in [5, 5.41) is 20.4. The summed E-state index contributed by atoms with van der Waals surface area (Å²) in [4.78, 5) is 15.3. The van der Waals surface area contributed by atoms with Crippen LogP contribution in [0.2, 0.25) is 0 Å². The maximum atomic E-state index is 13.4. The Bertz CT molecular complexity index is 1480. The highest BCUT2D eigenvalue weighted by Crippen LogP contribution is 2.47. The predicted octanol–water partition coefficient (Wildman–Crippen LogP) is 6.85. The molecule has 7 nitrogen and oxygen atoms in total. The van der Waals surface area contributed by atoms with Crippen LogP contribution in [0.4, 0.5) is 5.13 Å². The van der Waals surface area contributed by atoms with Crippen molar-refractivity contribution < 1.29 is 9.53 Å². The van der Waals surface area contributed by atoms with Gasteiger partial charge in [-0.15, -0.1) is 10.2 Å². The summed E-state index contributed by atoms with van der Waals surface area (Å²) in [5.74, 6) is 0.593. The van der Waals surface area contributed by atoms with Gasteiger partial charge >= 0.3 is 0 Å². The van der Waals surface area contributed by atoms with E-state index in [4.69, 9.17) is 10.5 Å². The van der Waals surface area contributed by atoms with E-state index >= 15 is 0 Å². The number of benzene rings is 2. The number of nitrogens with two attached hydrogens (primary N) is 1. The lowest BCUT2D eigenvalue weighted by molar-refractivity contribution is -0.116. The Morgan fingerprint density at radius 1 is 1.02 bits per heavy atom. The predicted molar refractivity (Wildman–Crippen MR) is 158 cm³/mol. The molecule has 204 valence electrons. The number of rotatable bonds is 7. The summed E-state index contributed by atoms with van der Waals surface area (Å²) in [6, 6.07) is 20.0. The molecule has 2 aromatic carbocycles. The lowest BCUT2D eigenvalue weighted by Gasteiger charge is -2.38. The first-order chi connectivity index (χ1) is 19.6. The molecule has 0 radical (unpaired) electrons. The van der Waals surface area contributed by atoms with Crippen LogP contribution in [-0.2, 0) is 11.4 Å². The van der Waals surface area contributed by atoms with Crippen LogP contribution >= 0.6 is 23.1 Å². The molecule has 0 bridgehead atoms. The average molecular weight is 570 g/mol. The van der Waals surface area contributed by atoms with E-state index in [1.54, 1.807) is 11.8 Å². The van der Waals surface area contributed by atoms with Gasteiger partial charge in [-0.3, -0.25) is 9.69 Å². The summed E-state index contributed by atoms with van der Waals surface area (Å²) in [7, 11) is 0. The van der Waals surface area contributed by atoms with Gasteiger partial charge in [-0.05, 0) is 48.9 Å². The minimum absolute atomic E-state index is 0.0576. The van der Waals surface area contributed by atoms with E-state index in [9.17, 15) is 10.1 Å². The first kappa shape index (κ1) is 26.6. The molecular weight excluding hydrogens is 539 g/mol. The number of aromatic nitrogens is 2. The van der Waals surface area contributed by atoms with Gasteiger partial charge in [-0.1, -0.05) is 84.8 Å². The van der Waals surface area contributed by atoms with Crippen LogP contribution in [-0.4, -0.2) is 21.2 Å². The molecule has 0 spiro atoms. The number of nitriles is 1. The van der Waals surface area contributed by atoms with Crippen molar-refractivity contribution in [1.29, 1.82) is 5.26 Å². The molecule has 1 saturated carbocycles. The number of carbonyl (C=O) groups excluding carboxylic acids is 1. The summed E-state index contributed by atoms with van der Waals surface area (Å²) < 4.78 is 6.87. The van der Waals surface area contributed by atoms with E-state index in [1.807, 2.05) is 59.5 Å². The van der Waals surface area contributed by atoms with E-state index in [0.29, 0.717) is 46.8 Å². The number of Topliss-reactive ketones (excluding diaryl/α,β-unsaturated/α-hetero) is 1. The number of allylic oxidation sites excluding steroid dienone is 3. The maximum Gasteiger partial charge on any atom is 0.219 e. The number of thioether (sulfide) groups is 1. The van der Waals surface area contributed by atoms with Crippen LogP contribution < -0.4 is 15.4 Å². The molecule has 2 aliphatic carbocycles. The second-order valence-corrected chi connectivity index (χ2v) is 12.9. The molecule has 0 amide bonds. The van der Waals surface area contributed by atoms with Gasteiger partial charge in [0.2, 0.25) is 5.13 Å². The van der Waals surface area contributed by atoms with E-state index in [-0.39, 0.29) is 5.78 Å². The molecule has 2 N–H and O–H groups in total. The quantitative estimate of drug-likeness (QED) is 0.329. The van der Waals surface area contributed by atoms with Crippen molar-refractivity contribution in [3.63, 3.8) is 0 Å². The van der Waals surface area contributed by atoms with Gasteiger partial charge in [0, 0.05) is 22.9 Å². The molecule has 3 aliphatic rings. The molecule has 9 heteroatoms. The van der Waals surface area contributed by atoms with Crippen LogP contribution in [0.1, 0.15) is 68.4 Å². The highest BCUT2D eigenvalue weighted by Gasteiger charge is 2.41. The third kappa shape index (κ3) is 5.38. The highest BCUT2D eigenvalue weighted by molar-refractivity contribution is 8.01. The molecule has 1 atom stereocenters. The SMILES string of the molecule is N#CC1=C(N)N(c2nnc(SC3CCCCC3)s2)C2=C(C(=O)CCC2)C1c1ccc(OCc2ccccc2)cc1. The summed E-state index contributed by atoms with van der Waals surface area (Å²) in [6.07, 6.45) is 8.12. The minimum atomic E-state index is -0.517. The molecule has 1 aromatic heterocycles. The van der Waals surface area contributed by atoms with Crippen LogP contribution in [0.25, 0.3) is 0 Å². The van der Waals surface area contributed by atoms with Crippen molar-refractivity contribution in [3.8, 4) is 11.8 Å². The largest absolute Gasteiger partial charge is 0.489 e. The lowest BCUT2D eigenvalue weighted by atomic mass is 9.76. The van der Waals surface area contributed by atoms with Crippen molar-refractivity contribution in [2.75, 3.05) is 4.90 Å². The minimum Gasteiger partial charge on any atom is -0.489 e. The summed E-state index contributed by atoms with van der Waals surface area (Å²) in [6.45, 7) is 0.464. The zero-order valence-corrected chi connectivity index (χ0v) is 23.8. The Kier molecular flexibility index (Phi) is 7.89. The van der Waals surface area contributed by atoms with Crippen LogP contribution in [0, 0.1) is 11.3 Å². The van der Waals surface area contributed by atoms with Crippen molar-refractivity contribution in [2.24, 2.45) is 5.73 Å². The van der Waals surface area contributed by atoms with Crippen molar-refractivity contribution in [1.82, 2.24) is 10.2 Å². The number of nitrogens with zero attached hydrogens (tertiary/aromatic N) is 4. The first-order valence-corrected chi connectivity index (χ1v) is 15.5. The fourth-order valence-electron chi connectivity index (χ4n) is 5.80. The Hall–Kier alpha value is -3.61. The van der Waals surface area contributed by atoms with E-state index in [0.717, 1.165) is 33.3 Å². The molecule has 3 aromatic rings. The van der Waals surface area contributed by atoms with Crippen LogP contribution in [0.15, 0.2) is 81.6 Å².